The summed E-state index contributed by atoms with van der Waals surface area (Å²) >= 11 is 0. The van der Waals surface area contributed by atoms with Crippen LogP contribution in [0.5, 0.6) is 0 Å². The zero-order valence-electron chi connectivity index (χ0n) is 13.9. The third kappa shape index (κ3) is 4.19. The lowest BCUT2D eigenvalue weighted by Crippen LogP contribution is -2.55. The van der Waals surface area contributed by atoms with Crippen LogP contribution < -0.4 is 5.32 Å². The van der Waals surface area contributed by atoms with Crippen molar-refractivity contribution in [1.82, 2.24) is 10.2 Å². The van der Waals surface area contributed by atoms with Crippen LogP contribution in [-0.2, 0) is 4.74 Å². The molecule has 4 unspecified atom stereocenters. The van der Waals surface area contributed by atoms with Gasteiger partial charge in [-0.2, -0.15) is 0 Å². The Balaban J connectivity index is 2.04. The van der Waals surface area contributed by atoms with Gasteiger partial charge < -0.3 is 10.1 Å². The van der Waals surface area contributed by atoms with E-state index in [0.717, 1.165) is 31.5 Å². The van der Waals surface area contributed by atoms with E-state index in [1.165, 1.54) is 32.2 Å². The predicted molar refractivity (Wildman–Crippen MR) is 85.0 cm³/mol. The number of nitrogens with zero attached hydrogens (tertiary/aromatic N) is 1. The van der Waals surface area contributed by atoms with E-state index in [1.54, 1.807) is 0 Å². The van der Waals surface area contributed by atoms with Crippen molar-refractivity contribution in [1.29, 1.82) is 0 Å². The lowest BCUT2D eigenvalue weighted by Gasteiger charge is -2.44. The molecular weight excluding hydrogens is 248 g/mol. The number of rotatable bonds is 4. The fourth-order valence-corrected chi connectivity index (χ4v) is 4.02. The molecule has 1 saturated carbocycles. The average Bonchev–Trinajstić information content (AvgIpc) is 2.64. The summed E-state index contributed by atoms with van der Waals surface area (Å²) in [5, 5.41) is 3.74. The van der Waals surface area contributed by atoms with E-state index >= 15 is 0 Å². The van der Waals surface area contributed by atoms with Crippen molar-refractivity contribution in [2.24, 2.45) is 11.8 Å². The Morgan fingerprint density at radius 3 is 2.80 bits per heavy atom. The van der Waals surface area contributed by atoms with Gasteiger partial charge in [-0.1, -0.05) is 20.8 Å². The zero-order chi connectivity index (χ0) is 14.5. The summed E-state index contributed by atoms with van der Waals surface area (Å²) in [7, 11) is 0. The highest BCUT2D eigenvalue weighted by atomic mass is 16.5. The van der Waals surface area contributed by atoms with Crippen LogP contribution in [0.25, 0.3) is 0 Å². The van der Waals surface area contributed by atoms with Crippen LogP contribution in [0.2, 0.25) is 0 Å². The van der Waals surface area contributed by atoms with Crippen LogP contribution in [-0.4, -0.2) is 49.3 Å². The highest BCUT2D eigenvalue weighted by molar-refractivity contribution is 4.92. The molecule has 1 aliphatic carbocycles. The maximum atomic E-state index is 5.83. The molecule has 0 aromatic carbocycles. The minimum absolute atomic E-state index is 0.388. The Hall–Kier alpha value is -0.120. The molecular formula is C17H34N2O. The number of hydrogen-bond acceptors (Lipinski definition) is 3. The summed E-state index contributed by atoms with van der Waals surface area (Å²) in [6.45, 7) is 13.6. The van der Waals surface area contributed by atoms with E-state index in [1.807, 2.05) is 0 Å². The predicted octanol–water partition coefficient (Wildman–Crippen LogP) is 2.90. The van der Waals surface area contributed by atoms with Gasteiger partial charge in [0, 0.05) is 31.8 Å². The summed E-state index contributed by atoms with van der Waals surface area (Å²) in [6.07, 6.45) is 5.67. The van der Waals surface area contributed by atoms with Gasteiger partial charge in [-0.05, 0) is 51.0 Å². The van der Waals surface area contributed by atoms with Crippen LogP contribution in [0.1, 0.15) is 53.4 Å². The van der Waals surface area contributed by atoms with Gasteiger partial charge in [0.2, 0.25) is 0 Å². The molecule has 4 atom stereocenters. The fourth-order valence-electron chi connectivity index (χ4n) is 4.02. The van der Waals surface area contributed by atoms with Crippen molar-refractivity contribution in [2.75, 3.05) is 26.2 Å². The topological polar surface area (TPSA) is 24.5 Å². The van der Waals surface area contributed by atoms with E-state index in [0.29, 0.717) is 18.2 Å². The van der Waals surface area contributed by atoms with Crippen LogP contribution >= 0.6 is 0 Å². The smallest absolute Gasteiger partial charge is 0.0674 e. The standard InChI is InChI=1S/C17H34N2O/c1-5-18-16-8-7-15(13(2)3)11-17(16)19-9-6-10-20-14(4)12-19/h13-18H,5-12H2,1-4H3. The van der Waals surface area contributed by atoms with Crippen molar-refractivity contribution in [3.05, 3.63) is 0 Å². The largest absolute Gasteiger partial charge is 0.377 e. The lowest BCUT2D eigenvalue weighted by molar-refractivity contribution is 0.0402. The number of ether oxygens (including phenoxy) is 1. The minimum atomic E-state index is 0.388. The molecule has 1 aliphatic heterocycles. The molecule has 0 amide bonds. The van der Waals surface area contributed by atoms with Crippen molar-refractivity contribution < 1.29 is 4.74 Å². The molecule has 2 fully saturated rings. The molecule has 3 heteroatoms. The molecule has 0 bridgehead atoms. The second-order valence-corrected chi connectivity index (χ2v) is 7.08. The highest BCUT2D eigenvalue weighted by Gasteiger charge is 2.35. The number of hydrogen-bond donors (Lipinski definition) is 1. The molecule has 0 aromatic rings. The summed E-state index contributed by atoms with van der Waals surface area (Å²) in [5.74, 6) is 1.72. The van der Waals surface area contributed by atoms with Gasteiger partial charge in [-0.25, -0.2) is 0 Å². The molecule has 0 aromatic heterocycles. The van der Waals surface area contributed by atoms with Gasteiger partial charge in [0.1, 0.15) is 0 Å². The Kier molecular flexibility index (Phi) is 6.31. The molecule has 20 heavy (non-hydrogen) atoms. The first-order valence-electron chi connectivity index (χ1n) is 8.70. The second kappa shape index (κ2) is 7.77. The molecule has 0 radical (unpaired) electrons. The first kappa shape index (κ1) is 16.3. The normalized spacial score (nSPS) is 37.0. The van der Waals surface area contributed by atoms with Gasteiger partial charge in [-0.3, -0.25) is 4.90 Å². The minimum Gasteiger partial charge on any atom is -0.377 e. The monoisotopic (exact) mass is 282 g/mol. The van der Waals surface area contributed by atoms with Gasteiger partial charge >= 0.3 is 0 Å². The van der Waals surface area contributed by atoms with Crippen LogP contribution in [0.3, 0.4) is 0 Å². The molecule has 1 heterocycles. The summed E-state index contributed by atoms with van der Waals surface area (Å²) in [6, 6.07) is 1.39. The Bertz CT molecular complexity index is 282. The van der Waals surface area contributed by atoms with Gasteiger partial charge in [0.15, 0.2) is 0 Å². The molecule has 1 N–H and O–H groups in total. The maximum absolute atomic E-state index is 5.83. The van der Waals surface area contributed by atoms with E-state index in [9.17, 15) is 0 Å². The lowest BCUT2D eigenvalue weighted by atomic mass is 9.76. The van der Waals surface area contributed by atoms with Gasteiger partial charge in [0.25, 0.3) is 0 Å². The SMILES string of the molecule is CCNC1CCC(C(C)C)CC1N1CCCOC(C)C1. The maximum Gasteiger partial charge on any atom is 0.0674 e. The molecule has 2 rings (SSSR count). The summed E-state index contributed by atoms with van der Waals surface area (Å²) in [4.78, 5) is 2.72. The third-order valence-electron chi connectivity index (χ3n) is 5.22. The van der Waals surface area contributed by atoms with Gasteiger partial charge in [-0.15, -0.1) is 0 Å². The molecule has 3 nitrogen and oxygen atoms in total. The quantitative estimate of drug-likeness (QED) is 0.858. The van der Waals surface area contributed by atoms with Crippen molar-refractivity contribution >= 4 is 0 Å². The van der Waals surface area contributed by atoms with Crippen molar-refractivity contribution in [3.8, 4) is 0 Å². The van der Waals surface area contributed by atoms with Gasteiger partial charge in [0.05, 0.1) is 6.10 Å². The summed E-state index contributed by atoms with van der Waals surface area (Å²) < 4.78 is 5.83. The van der Waals surface area contributed by atoms with E-state index in [-0.39, 0.29) is 0 Å². The van der Waals surface area contributed by atoms with Crippen LogP contribution in [0.15, 0.2) is 0 Å². The third-order valence-corrected chi connectivity index (χ3v) is 5.22. The van der Waals surface area contributed by atoms with Crippen LogP contribution in [0, 0.1) is 11.8 Å². The van der Waals surface area contributed by atoms with E-state index in [4.69, 9.17) is 4.74 Å². The highest BCUT2D eigenvalue weighted by Crippen LogP contribution is 2.33. The van der Waals surface area contributed by atoms with Crippen molar-refractivity contribution in [2.45, 2.75) is 71.6 Å². The first-order chi connectivity index (χ1) is 9.61. The van der Waals surface area contributed by atoms with E-state index < -0.39 is 0 Å². The molecule has 0 spiro atoms. The number of nitrogens with one attached hydrogen (secondary N) is 1. The number of likely N-dealkylation sites (N-methyl/N-ethyl adjacent to an activating group) is 1. The summed E-state index contributed by atoms with van der Waals surface area (Å²) in [5.41, 5.74) is 0. The molecule has 1 saturated heterocycles. The average molecular weight is 282 g/mol. The molecule has 2 aliphatic rings. The van der Waals surface area contributed by atoms with E-state index in [2.05, 4.69) is 37.9 Å². The fraction of sp³-hybridized carbons (Fsp3) is 1.00. The van der Waals surface area contributed by atoms with Crippen LogP contribution in [0.4, 0.5) is 0 Å². The second-order valence-electron chi connectivity index (χ2n) is 7.08. The Morgan fingerprint density at radius 1 is 1.30 bits per heavy atom. The Labute approximate surface area is 125 Å². The first-order valence-corrected chi connectivity index (χ1v) is 8.70. The van der Waals surface area contributed by atoms with Crippen molar-refractivity contribution in [3.63, 3.8) is 0 Å². The molecule has 118 valence electrons. The Morgan fingerprint density at radius 2 is 2.10 bits per heavy atom. The zero-order valence-corrected chi connectivity index (χ0v) is 13.9.